The Morgan fingerprint density at radius 3 is 2.65 bits per heavy atom. The van der Waals surface area contributed by atoms with Gasteiger partial charge in [-0.15, -0.1) is 0 Å². The lowest BCUT2D eigenvalue weighted by molar-refractivity contribution is -0.384. The van der Waals surface area contributed by atoms with Crippen LogP contribution in [0, 0.1) is 10.1 Å². The number of hydrogen-bond donors (Lipinski definition) is 0. The van der Waals surface area contributed by atoms with Crippen molar-refractivity contribution in [2.75, 3.05) is 0 Å². The van der Waals surface area contributed by atoms with Gasteiger partial charge in [0, 0.05) is 33.8 Å². The molecule has 1 saturated heterocycles. The Labute approximate surface area is 190 Å². The minimum atomic E-state index is -0.490. The molecule has 1 fully saturated rings. The van der Waals surface area contributed by atoms with Gasteiger partial charge >= 0.3 is 0 Å². The van der Waals surface area contributed by atoms with E-state index in [1.807, 2.05) is 0 Å². The third-order valence-corrected chi connectivity index (χ3v) is 5.95. The van der Waals surface area contributed by atoms with E-state index in [9.17, 15) is 19.7 Å². The fourth-order valence-electron chi connectivity index (χ4n) is 2.94. The number of imide groups is 1. The van der Waals surface area contributed by atoms with Crippen molar-refractivity contribution < 1.29 is 18.9 Å². The van der Waals surface area contributed by atoms with E-state index < -0.39 is 16.1 Å². The summed E-state index contributed by atoms with van der Waals surface area (Å²) in [6, 6.07) is 14.1. The highest BCUT2D eigenvalue weighted by Gasteiger charge is 2.35. The van der Waals surface area contributed by atoms with Gasteiger partial charge in [-0.3, -0.25) is 24.6 Å². The molecule has 0 unspecified atom stereocenters. The molecular formula is C21H12Cl2N2O5S. The van der Waals surface area contributed by atoms with E-state index in [0.717, 1.165) is 16.7 Å². The molecule has 0 radical (unpaired) electrons. The van der Waals surface area contributed by atoms with Crippen LogP contribution in [0.1, 0.15) is 11.3 Å². The van der Waals surface area contributed by atoms with Crippen molar-refractivity contribution in [1.82, 2.24) is 4.90 Å². The van der Waals surface area contributed by atoms with Crippen molar-refractivity contribution in [2.24, 2.45) is 0 Å². The lowest BCUT2D eigenvalue weighted by atomic mass is 10.1. The number of carbonyl (C=O) groups excluding carboxylic acids is 2. The second kappa shape index (κ2) is 8.58. The smallest absolute Gasteiger partial charge is 0.293 e. The Morgan fingerprint density at radius 2 is 1.90 bits per heavy atom. The molecule has 2 amide bonds. The molecule has 0 saturated carbocycles. The van der Waals surface area contributed by atoms with Crippen LogP contribution in [0.15, 0.2) is 63.9 Å². The number of nitrogens with zero attached hydrogens (tertiary/aromatic N) is 2. The SMILES string of the molecule is O=C1S/C(=C\c2ccc(-c3cccc([N+](=O)[O-])c3)o2)C(=O)N1Cc1ccc(Cl)cc1Cl. The van der Waals surface area contributed by atoms with Crippen LogP contribution >= 0.6 is 35.0 Å². The molecule has 0 spiro atoms. The number of non-ortho nitro benzene ring substituents is 1. The highest BCUT2D eigenvalue weighted by atomic mass is 35.5. The normalized spacial score (nSPS) is 15.2. The molecule has 31 heavy (non-hydrogen) atoms. The summed E-state index contributed by atoms with van der Waals surface area (Å²) < 4.78 is 5.71. The van der Waals surface area contributed by atoms with Crippen molar-refractivity contribution in [3.63, 3.8) is 0 Å². The van der Waals surface area contributed by atoms with Gasteiger partial charge in [-0.1, -0.05) is 41.4 Å². The number of amides is 2. The molecule has 7 nitrogen and oxygen atoms in total. The maximum Gasteiger partial charge on any atom is 0.293 e. The van der Waals surface area contributed by atoms with Gasteiger partial charge in [-0.2, -0.15) is 0 Å². The summed E-state index contributed by atoms with van der Waals surface area (Å²) in [4.78, 5) is 36.9. The molecular weight excluding hydrogens is 463 g/mol. The number of rotatable bonds is 5. The third kappa shape index (κ3) is 4.51. The van der Waals surface area contributed by atoms with E-state index in [4.69, 9.17) is 27.6 Å². The fraction of sp³-hybridized carbons (Fsp3) is 0.0476. The quantitative estimate of drug-likeness (QED) is 0.241. The number of hydrogen-bond acceptors (Lipinski definition) is 6. The summed E-state index contributed by atoms with van der Waals surface area (Å²) in [7, 11) is 0. The van der Waals surface area contributed by atoms with Crippen LogP contribution in [0.3, 0.4) is 0 Å². The average molecular weight is 475 g/mol. The Kier molecular flexibility index (Phi) is 5.86. The number of benzene rings is 2. The summed E-state index contributed by atoms with van der Waals surface area (Å²) in [5.74, 6) is 0.285. The second-order valence-corrected chi connectivity index (χ2v) is 8.35. The van der Waals surface area contributed by atoms with Crippen molar-refractivity contribution in [1.29, 1.82) is 0 Å². The van der Waals surface area contributed by atoms with E-state index >= 15 is 0 Å². The molecule has 4 rings (SSSR count). The van der Waals surface area contributed by atoms with E-state index in [0.29, 0.717) is 32.7 Å². The number of halogens is 2. The van der Waals surface area contributed by atoms with Gasteiger partial charge in [0.05, 0.1) is 16.4 Å². The van der Waals surface area contributed by atoms with Crippen molar-refractivity contribution in [3.8, 4) is 11.3 Å². The van der Waals surface area contributed by atoms with E-state index in [-0.39, 0.29) is 17.1 Å². The topological polar surface area (TPSA) is 93.7 Å². The first kappa shape index (κ1) is 21.2. The minimum absolute atomic E-state index is 0.0229. The van der Waals surface area contributed by atoms with Crippen LogP contribution in [0.2, 0.25) is 10.0 Å². The average Bonchev–Trinajstić information content (AvgIpc) is 3.30. The molecule has 0 aliphatic carbocycles. The Hall–Kier alpha value is -3.07. The summed E-state index contributed by atoms with van der Waals surface area (Å²) in [5, 5.41) is 11.4. The number of carbonyl (C=O) groups is 2. The number of furan rings is 1. The van der Waals surface area contributed by atoms with Gasteiger partial charge < -0.3 is 4.42 Å². The van der Waals surface area contributed by atoms with E-state index in [1.54, 1.807) is 42.5 Å². The molecule has 0 bridgehead atoms. The van der Waals surface area contributed by atoms with Crippen molar-refractivity contribution in [2.45, 2.75) is 6.54 Å². The van der Waals surface area contributed by atoms with Crippen LogP contribution < -0.4 is 0 Å². The molecule has 2 aromatic carbocycles. The third-order valence-electron chi connectivity index (χ3n) is 4.46. The standard InChI is InChI=1S/C21H12Cl2N2O5S/c22-14-5-4-13(17(23)9-14)11-24-20(26)19(31-21(24)27)10-16-6-7-18(30-16)12-2-1-3-15(8-12)25(28)29/h1-10H,11H2/b19-10-. The van der Waals surface area contributed by atoms with Crippen LogP contribution in [-0.2, 0) is 11.3 Å². The largest absolute Gasteiger partial charge is 0.457 e. The van der Waals surface area contributed by atoms with Crippen LogP contribution in [0.5, 0.6) is 0 Å². The Bertz CT molecular complexity index is 1250. The summed E-state index contributed by atoms with van der Waals surface area (Å²) in [6.45, 7) is 0.0229. The molecule has 2 heterocycles. The van der Waals surface area contributed by atoms with Gasteiger partial charge in [0.2, 0.25) is 0 Å². The molecule has 1 aliphatic rings. The minimum Gasteiger partial charge on any atom is -0.457 e. The number of thioether (sulfide) groups is 1. The fourth-order valence-corrected chi connectivity index (χ4v) is 4.23. The first-order chi connectivity index (χ1) is 14.8. The summed E-state index contributed by atoms with van der Waals surface area (Å²) in [5.41, 5.74) is 1.07. The Morgan fingerprint density at radius 1 is 1.10 bits per heavy atom. The van der Waals surface area contributed by atoms with E-state index in [1.165, 1.54) is 18.2 Å². The first-order valence-corrected chi connectivity index (χ1v) is 10.4. The van der Waals surface area contributed by atoms with Gasteiger partial charge in [-0.25, -0.2) is 0 Å². The lowest BCUT2D eigenvalue weighted by Gasteiger charge is -2.13. The first-order valence-electron chi connectivity index (χ1n) is 8.86. The maximum atomic E-state index is 12.7. The number of nitro benzene ring substituents is 1. The maximum absolute atomic E-state index is 12.7. The summed E-state index contributed by atoms with van der Waals surface area (Å²) >= 11 is 12.8. The second-order valence-electron chi connectivity index (χ2n) is 6.51. The lowest BCUT2D eigenvalue weighted by Crippen LogP contribution is -2.27. The molecule has 0 atom stereocenters. The van der Waals surface area contributed by atoms with Crippen LogP contribution in [0.25, 0.3) is 17.4 Å². The van der Waals surface area contributed by atoms with Gasteiger partial charge in [0.1, 0.15) is 11.5 Å². The predicted molar refractivity (Wildman–Crippen MR) is 119 cm³/mol. The van der Waals surface area contributed by atoms with Gasteiger partial charge in [-0.05, 0) is 41.6 Å². The van der Waals surface area contributed by atoms with Gasteiger partial charge in [0.25, 0.3) is 16.8 Å². The van der Waals surface area contributed by atoms with Crippen molar-refractivity contribution >= 4 is 57.9 Å². The van der Waals surface area contributed by atoms with Crippen LogP contribution in [0.4, 0.5) is 10.5 Å². The number of nitro groups is 1. The highest BCUT2D eigenvalue weighted by Crippen LogP contribution is 2.35. The molecule has 1 aliphatic heterocycles. The Balaban J connectivity index is 1.55. The molecule has 1 aromatic heterocycles. The monoisotopic (exact) mass is 474 g/mol. The van der Waals surface area contributed by atoms with E-state index in [2.05, 4.69) is 0 Å². The molecule has 0 N–H and O–H groups in total. The molecule has 156 valence electrons. The molecule has 3 aromatic rings. The predicted octanol–water partition coefficient (Wildman–Crippen LogP) is 6.40. The molecule has 10 heteroatoms. The van der Waals surface area contributed by atoms with Gasteiger partial charge in [0.15, 0.2) is 0 Å². The summed E-state index contributed by atoms with van der Waals surface area (Å²) in [6.07, 6.45) is 1.47. The van der Waals surface area contributed by atoms with Crippen molar-refractivity contribution in [3.05, 3.63) is 91.0 Å². The zero-order valence-electron chi connectivity index (χ0n) is 15.6. The van der Waals surface area contributed by atoms with Crippen LogP contribution in [-0.4, -0.2) is 21.0 Å². The zero-order chi connectivity index (χ0) is 22.1. The zero-order valence-corrected chi connectivity index (χ0v) is 17.9. The highest BCUT2D eigenvalue weighted by molar-refractivity contribution is 8.18.